The summed E-state index contributed by atoms with van der Waals surface area (Å²) in [7, 11) is 1.31. The Kier molecular flexibility index (Phi) is 4.92. The van der Waals surface area contributed by atoms with Crippen LogP contribution in [0.2, 0.25) is 5.02 Å². The predicted octanol–water partition coefficient (Wildman–Crippen LogP) is 3.14. The van der Waals surface area contributed by atoms with Crippen molar-refractivity contribution < 1.29 is 23.8 Å². The van der Waals surface area contributed by atoms with E-state index in [4.69, 9.17) is 21.1 Å². The fraction of sp³-hybridized carbons (Fsp3) is 0.250. The molecule has 1 aromatic carbocycles. The highest BCUT2D eigenvalue weighted by Gasteiger charge is 2.18. The minimum absolute atomic E-state index is 0.127. The first-order valence-electron chi connectivity index (χ1n) is 7.13. The number of carbonyl (C=O) groups excluding carboxylic acids is 2. The molecular formula is C16H14ClNO5S. The van der Waals surface area contributed by atoms with Crippen molar-refractivity contribution in [3.8, 4) is 11.5 Å². The van der Waals surface area contributed by atoms with Crippen LogP contribution >= 0.6 is 22.9 Å². The maximum absolute atomic E-state index is 12.2. The number of fused-ring (bicyclic) bond motifs is 1. The second kappa shape index (κ2) is 7.11. The van der Waals surface area contributed by atoms with Crippen molar-refractivity contribution in [2.24, 2.45) is 0 Å². The van der Waals surface area contributed by atoms with Gasteiger partial charge in [0.1, 0.15) is 18.1 Å². The molecule has 3 rings (SSSR count). The van der Waals surface area contributed by atoms with E-state index in [1.807, 2.05) is 0 Å². The van der Waals surface area contributed by atoms with Gasteiger partial charge < -0.3 is 19.5 Å². The van der Waals surface area contributed by atoms with Crippen LogP contribution < -0.4 is 14.8 Å². The number of rotatable bonds is 4. The molecule has 2 aromatic rings. The molecule has 1 aliphatic rings. The van der Waals surface area contributed by atoms with Crippen LogP contribution in [-0.4, -0.2) is 32.2 Å². The number of hydrogen-bond donors (Lipinski definition) is 1. The van der Waals surface area contributed by atoms with Crippen LogP contribution in [-0.2, 0) is 16.0 Å². The third kappa shape index (κ3) is 3.63. The van der Waals surface area contributed by atoms with Crippen LogP contribution in [0.3, 0.4) is 0 Å². The summed E-state index contributed by atoms with van der Waals surface area (Å²) in [5.41, 5.74) is 0.714. The Hall–Kier alpha value is -2.25. The summed E-state index contributed by atoms with van der Waals surface area (Å²) < 4.78 is 15.6. The number of ether oxygens (including phenoxy) is 3. The molecule has 0 atom stereocenters. The average molecular weight is 368 g/mol. The predicted molar refractivity (Wildman–Crippen MR) is 90.4 cm³/mol. The maximum atomic E-state index is 12.2. The Balaban J connectivity index is 1.68. The summed E-state index contributed by atoms with van der Waals surface area (Å²) in [5, 5.41) is 3.73. The Morgan fingerprint density at radius 1 is 1.29 bits per heavy atom. The summed E-state index contributed by atoms with van der Waals surface area (Å²) in [6, 6.07) is 6.69. The standard InChI is InChI=1S/C16H14ClNO5S/c1-21-16(20)12-2-3-14(24-12)18-13(19)8-9-6-10(17)15-11(7-9)22-4-5-23-15/h2-3,6-7H,4-5,8H2,1H3,(H,18,19). The molecule has 24 heavy (non-hydrogen) atoms. The van der Waals surface area contributed by atoms with Crippen molar-refractivity contribution in [3.05, 3.63) is 39.7 Å². The van der Waals surface area contributed by atoms with Crippen LogP contribution in [0.4, 0.5) is 5.00 Å². The van der Waals surface area contributed by atoms with Crippen molar-refractivity contribution in [3.63, 3.8) is 0 Å². The molecule has 0 saturated heterocycles. The molecule has 6 nitrogen and oxygen atoms in total. The zero-order chi connectivity index (χ0) is 17.1. The number of anilines is 1. The SMILES string of the molecule is COC(=O)c1ccc(NC(=O)Cc2cc(Cl)c3c(c2)OCCO3)s1. The summed E-state index contributed by atoms with van der Waals surface area (Å²) in [6.07, 6.45) is 0.127. The molecular weight excluding hydrogens is 354 g/mol. The highest BCUT2D eigenvalue weighted by atomic mass is 35.5. The van der Waals surface area contributed by atoms with Gasteiger partial charge in [0.15, 0.2) is 11.5 Å². The quantitative estimate of drug-likeness (QED) is 0.840. The van der Waals surface area contributed by atoms with Crippen molar-refractivity contribution in [2.75, 3.05) is 25.6 Å². The number of carbonyl (C=O) groups is 2. The topological polar surface area (TPSA) is 73.9 Å². The van der Waals surface area contributed by atoms with Gasteiger partial charge in [0.25, 0.3) is 0 Å². The number of hydrogen-bond acceptors (Lipinski definition) is 6. The third-order valence-corrected chi connectivity index (χ3v) is 4.54. The molecule has 1 aliphatic heterocycles. The van der Waals surface area contributed by atoms with Gasteiger partial charge in [-0.15, -0.1) is 11.3 Å². The Bertz CT molecular complexity index is 789. The number of methoxy groups -OCH3 is 1. The maximum Gasteiger partial charge on any atom is 0.348 e. The summed E-state index contributed by atoms with van der Waals surface area (Å²) in [6.45, 7) is 0.901. The number of nitrogens with one attached hydrogen (secondary N) is 1. The van der Waals surface area contributed by atoms with Gasteiger partial charge in [-0.3, -0.25) is 4.79 Å². The first-order valence-corrected chi connectivity index (χ1v) is 8.32. The zero-order valence-corrected chi connectivity index (χ0v) is 14.3. The fourth-order valence-electron chi connectivity index (χ4n) is 2.25. The second-order valence-corrected chi connectivity index (χ2v) is 6.47. The third-order valence-electron chi connectivity index (χ3n) is 3.28. The van der Waals surface area contributed by atoms with Crippen LogP contribution in [0, 0.1) is 0 Å². The number of halogens is 1. The summed E-state index contributed by atoms with van der Waals surface area (Å²) >= 11 is 7.31. The van der Waals surface area contributed by atoms with E-state index in [-0.39, 0.29) is 12.3 Å². The number of thiophene rings is 1. The van der Waals surface area contributed by atoms with E-state index in [0.29, 0.717) is 45.2 Å². The van der Waals surface area contributed by atoms with Crippen molar-refractivity contribution in [2.45, 2.75) is 6.42 Å². The molecule has 0 fully saturated rings. The monoisotopic (exact) mass is 367 g/mol. The van der Waals surface area contributed by atoms with Crippen molar-refractivity contribution in [1.29, 1.82) is 0 Å². The van der Waals surface area contributed by atoms with Crippen molar-refractivity contribution in [1.82, 2.24) is 0 Å². The van der Waals surface area contributed by atoms with Crippen LogP contribution in [0.5, 0.6) is 11.5 Å². The lowest BCUT2D eigenvalue weighted by Gasteiger charge is -2.20. The number of esters is 1. The molecule has 0 unspecified atom stereocenters. The van der Waals surface area contributed by atoms with Crippen LogP contribution in [0.15, 0.2) is 24.3 Å². The van der Waals surface area contributed by atoms with Gasteiger partial charge in [0.2, 0.25) is 5.91 Å². The van der Waals surface area contributed by atoms with Gasteiger partial charge in [0.05, 0.1) is 23.6 Å². The molecule has 8 heteroatoms. The lowest BCUT2D eigenvalue weighted by atomic mass is 10.1. The largest absolute Gasteiger partial charge is 0.486 e. The highest BCUT2D eigenvalue weighted by molar-refractivity contribution is 7.18. The minimum Gasteiger partial charge on any atom is -0.486 e. The minimum atomic E-state index is -0.431. The van der Waals surface area contributed by atoms with E-state index >= 15 is 0 Å². The lowest BCUT2D eigenvalue weighted by molar-refractivity contribution is -0.115. The fourth-order valence-corrected chi connectivity index (χ4v) is 3.38. The number of benzene rings is 1. The van der Waals surface area contributed by atoms with Gasteiger partial charge in [-0.1, -0.05) is 11.6 Å². The van der Waals surface area contributed by atoms with Gasteiger partial charge in [-0.2, -0.15) is 0 Å². The molecule has 1 N–H and O–H groups in total. The Morgan fingerprint density at radius 3 is 2.88 bits per heavy atom. The lowest BCUT2D eigenvalue weighted by Crippen LogP contribution is -2.17. The first kappa shape index (κ1) is 16.6. The summed E-state index contributed by atoms with van der Waals surface area (Å²) in [5.74, 6) is 0.397. The molecule has 1 aromatic heterocycles. The van der Waals surface area contributed by atoms with E-state index in [1.165, 1.54) is 7.11 Å². The molecule has 0 spiro atoms. The van der Waals surface area contributed by atoms with Crippen LogP contribution in [0.25, 0.3) is 0 Å². The van der Waals surface area contributed by atoms with E-state index in [0.717, 1.165) is 11.3 Å². The Morgan fingerprint density at radius 2 is 2.08 bits per heavy atom. The van der Waals surface area contributed by atoms with E-state index < -0.39 is 5.97 Å². The normalized spacial score (nSPS) is 12.6. The van der Waals surface area contributed by atoms with E-state index in [9.17, 15) is 9.59 Å². The number of amides is 1. The second-order valence-electron chi connectivity index (χ2n) is 4.98. The molecule has 126 valence electrons. The molecule has 2 heterocycles. The van der Waals surface area contributed by atoms with Gasteiger partial charge in [-0.05, 0) is 29.8 Å². The van der Waals surface area contributed by atoms with E-state index in [1.54, 1.807) is 24.3 Å². The first-order chi connectivity index (χ1) is 11.6. The molecule has 0 saturated carbocycles. The molecule has 0 radical (unpaired) electrons. The summed E-state index contributed by atoms with van der Waals surface area (Å²) in [4.78, 5) is 24.0. The molecule has 0 bridgehead atoms. The van der Waals surface area contributed by atoms with Gasteiger partial charge in [-0.25, -0.2) is 4.79 Å². The van der Waals surface area contributed by atoms with Crippen LogP contribution in [0.1, 0.15) is 15.2 Å². The smallest absolute Gasteiger partial charge is 0.348 e. The van der Waals surface area contributed by atoms with E-state index in [2.05, 4.69) is 10.1 Å². The highest BCUT2D eigenvalue weighted by Crippen LogP contribution is 2.38. The average Bonchev–Trinajstić information content (AvgIpc) is 3.02. The van der Waals surface area contributed by atoms with Gasteiger partial charge >= 0.3 is 5.97 Å². The zero-order valence-electron chi connectivity index (χ0n) is 12.8. The Labute approximate surface area is 147 Å². The molecule has 0 aliphatic carbocycles. The molecule has 1 amide bonds. The van der Waals surface area contributed by atoms with Gasteiger partial charge in [0, 0.05) is 0 Å². The van der Waals surface area contributed by atoms with Crippen molar-refractivity contribution >= 4 is 39.8 Å².